The first-order chi connectivity index (χ1) is 24.8. The summed E-state index contributed by atoms with van der Waals surface area (Å²) in [5, 5.41) is 5.04. The molecule has 0 bridgehead atoms. The van der Waals surface area contributed by atoms with Crippen molar-refractivity contribution in [3.63, 3.8) is 0 Å². The van der Waals surface area contributed by atoms with Crippen LogP contribution in [0.1, 0.15) is 18.4 Å². The van der Waals surface area contributed by atoms with Crippen molar-refractivity contribution < 1.29 is 0 Å². The zero-order valence-corrected chi connectivity index (χ0v) is 27.5. The lowest BCUT2D eigenvalue weighted by Gasteiger charge is -2.15. The van der Waals surface area contributed by atoms with Crippen LogP contribution in [0, 0.1) is 0 Å². The molecule has 9 aromatic rings. The van der Waals surface area contributed by atoms with Gasteiger partial charge in [-0.05, 0) is 84.6 Å². The van der Waals surface area contributed by atoms with Crippen LogP contribution in [-0.2, 0) is 0 Å². The molecule has 0 fully saturated rings. The molecule has 0 saturated carbocycles. The number of aromatic nitrogens is 3. The molecule has 0 radical (unpaired) electrons. The van der Waals surface area contributed by atoms with E-state index in [-0.39, 0.29) is 0 Å². The Bertz CT molecular complexity index is 2540. The smallest absolute Gasteiger partial charge is 0.0716 e. The van der Waals surface area contributed by atoms with Gasteiger partial charge in [0.2, 0.25) is 0 Å². The van der Waals surface area contributed by atoms with Gasteiger partial charge >= 0.3 is 0 Å². The van der Waals surface area contributed by atoms with Gasteiger partial charge in [0.25, 0.3) is 0 Å². The maximum atomic E-state index is 5.40. The van der Waals surface area contributed by atoms with Crippen molar-refractivity contribution in [1.29, 1.82) is 0 Å². The summed E-state index contributed by atoms with van der Waals surface area (Å²) < 4.78 is 4.76. The van der Waals surface area contributed by atoms with Crippen LogP contribution in [0.5, 0.6) is 0 Å². The Morgan fingerprint density at radius 3 is 1.28 bits per heavy atom. The van der Waals surface area contributed by atoms with Gasteiger partial charge in [0.1, 0.15) is 0 Å². The molecular weight excluding hydrogens is 607 g/mol. The van der Waals surface area contributed by atoms with Gasteiger partial charge in [0.05, 0.1) is 33.5 Å². The van der Waals surface area contributed by atoms with Crippen molar-refractivity contribution in [2.24, 2.45) is 0 Å². The first-order valence-corrected chi connectivity index (χ1v) is 17.4. The molecule has 0 spiro atoms. The number of allylic oxidation sites excluding steroid dienone is 4. The number of fused-ring (bicyclic) bond motifs is 6. The van der Waals surface area contributed by atoms with E-state index in [1.807, 2.05) is 0 Å². The van der Waals surface area contributed by atoms with E-state index in [4.69, 9.17) is 4.98 Å². The van der Waals surface area contributed by atoms with Crippen LogP contribution in [0.4, 0.5) is 0 Å². The predicted octanol–water partition coefficient (Wildman–Crippen LogP) is 12.3. The van der Waals surface area contributed by atoms with Crippen LogP contribution >= 0.6 is 0 Å². The number of nitrogens with zero attached hydrogens (tertiary/aromatic N) is 3. The van der Waals surface area contributed by atoms with E-state index in [0.717, 1.165) is 46.7 Å². The van der Waals surface area contributed by atoms with Gasteiger partial charge < -0.3 is 9.13 Å². The van der Waals surface area contributed by atoms with Crippen LogP contribution in [-0.4, -0.2) is 14.1 Å². The van der Waals surface area contributed by atoms with Gasteiger partial charge in [0, 0.05) is 44.0 Å². The van der Waals surface area contributed by atoms with E-state index >= 15 is 0 Å². The SMILES string of the molecule is C1=CCCC(c2cc(-c3cccc(-n4c5ccccc5c5ccccc54)c3)nc(-c3cccc(-n4c5ccccc5c5ccccc54)c3)c2)=C1. The fourth-order valence-electron chi connectivity index (χ4n) is 7.86. The molecule has 3 heterocycles. The van der Waals surface area contributed by atoms with Crippen LogP contribution in [0.3, 0.4) is 0 Å². The third kappa shape index (κ3) is 4.62. The highest BCUT2D eigenvalue weighted by Gasteiger charge is 2.16. The third-order valence-corrected chi connectivity index (χ3v) is 10.2. The summed E-state index contributed by atoms with van der Waals surface area (Å²) in [5.41, 5.74) is 13.8. The van der Waals surface area contributed by atoms with Crippen molar-refractivity contribution in [2.45, 2.75) is 12.8 Å². The van der Waals surface area contributed by atoms with E-state index in [9.17, 15) is 0 Å². The molecule has 1 aliphatic rings. The summed E-state index contributed by atoms with van der Waals surface area (Å²) in [6.45, 7) is 0. The number of pyridine rings is 1. The molecule has 3 nitrogen and oxygen atoms in total. The predicted molar refractivity (Wildman–Crippen MR) is 210 cm³/mol. The minimum Gasteiger partial charge on any atom is -0.309 e. The Labute approximate surface area is 290 Å². The zero-order valence-electron chi connectivity index (χ0n) is 27.5. The van der Waals surface area contributed by atoms with Crippen molar-refractivity contribution >= 4 is 49.2 Å². The van der Waals surface area contributed by atoms with Gasteiger partial charge in [-0.15, -0.1) is 0 Å². The van der Waals surface area contributed by atoms with E-state index in [0.29, 0.717) is 0 Å². The Morgan fingerprint density at radius 2 is 0.860 bits per heavy atom. The normalized spacial score (nSPS) is 13.1. The first kappa shape index (κ1) is 28.6. The van der Waals surface area contributed by atoms with Gasteiger partial charge in [-0.25, -0.2) is 4.98 Å². The number of para-hydroxylation sites is 4. The summed E-state index contributed by atoms with van der Waals surface area (Å²) >= 11 is 0. The van der Waals surface area contributed by atoms with E-state index in [1.54, 1.807) is 0 Å². The standard InChI is InChI=1S/C47H33N3/c1-2-14-32(15-3-1)35-30-42(33-16-12-18-36(28-33)49-44-24-8-4-20-38(44)39-21-5-9-25-45(39)49)48-43(31-35)34-17-13-19-37(29-34)50-46-26-10-6-22-40(46)41-23-7-11-27-47(41)50/h1-2,4-14,16-31H,3,15H2. The number of rotatable bonds is 5. The molecule has 0 unspecified atom stereocenters. The average Bonchev–Trinajstić information content (AvgIpc) is 3.71. The number of hydrogen-bond acceptors (Lipinski definition) is 1. The van der Waals surface area contributed by atoms with Gasteiger partial charge in [-0.3, -0.25) is 0 Å². The lowest BCUT2D eigenvalue weighted by molar-refractivity contribution is 1.05. The van der Waals surface area contributed by atoms with E-state index < -0.39 is 0 Å². The monoisotopic (exact) mass is 639 g/mol. The molecular formula is C47H33N3. The zero-order chi connectivity index (χ0) is 33.0. The molecule has 0 saturated heterocycles. The minimum atomic E-state index is 0.970. The molecule has 0 amide bonds. The Hall–Kier alpha value is -6.45. The van der Waals surface area contributed by atoms with E-state index in [1.165, 1.54) is 54.7 Å². The molecule has 3 heteroatoms. The van der Waals surface area contributed by atoms with Gasteiger partial charge in [0.15, 0.2) is 0 Å². The van der Waals surface area contributed by atoms with Crippen LogP contribution in [0.25, 0.3) is 83.1 Å². The highest BCUT2D eigenvalue weighted by atomic mass is 15.0. The molecule has 6 aromatic carbocycles. The lowest BCUT2D eigenvalue weighted by atomic mass is 9.94. The van der Waals surface area contributed by atoms with Crippen molar-refractivity contribution in [2.75, 3.05) is 0 Å². The maximum absolute atomic E-state index is 5.40. The largest absolute Gasteiger partial charge is 0.309 e. The summed E-state index contributed by atoms with van der Waals surface area (Å²) in [6, 6.07) is 57.0. The summed E-state index contributed by atoms with van der Waals surface area (Å²) in [6.07, 6.45) is 8.75. The fraction of sp³-hybridized carbons (Fsp3) is 0.0426. The van der Waals surface area contributed by atoms with Crippen molar-refractivity contribution in [3.8, 4) is 33.9 Å². The Kier molecular flexibility index (Phi) is 6.63. The van der Waals surface area contributed by atoms with Crippen LogP contribution in [0.2, 0.25) is 0 Å². The maximum Gasteiger partial charge on any atom is 0.0716 e. The summed E-state index contributed by atoms with van der Waals surface area (Å²) in [4.78, 5) is 5.40. The number of benzene rings is 6. The second-order valence-electron chi connectivity index (χ2n) is 13.1. The lowest BCUT2D eigenvalue weighted by Crippen LogP contribution is -1.98. The number of hydrogen-bond donors (Lipinski definition) is 0. The molecule has 50 heavy (non-hydrogen) atoms. The molecule has 1 aliphatic carbocycles. The molecule has 0 atom stereocenters. The molecule has 236 valence electrons. The highest BCUT2D eigenvalue weighted by Crippen LogP contribution is 2.37. The summed E-state index contributed by atoms with van der Waals surface area (Å²) in [7, 11) is 0. The van der Waals surface area contributed by atoms with Crippen molar-refractivity contribution in [3.05, 3.63) is 182 Å². The fourth-order valence-corrected chi connectivity index (χ4v) is 7.86. The minimum absolute atomic E-state index is 0.970. The molecule has 10 rings (SSSR count). The second kappa shape index (κ2) is 11.6. The van der Waals surface area contributed by atoms with E-state index in [2.05, 4.69) is 185 Å². The third-order valence-electron chi connectivity index (χ3n) is 10.2. The average molecular weight is 640 g/mol. The van der Waals surface area contributed by atoms with Gasteiger partial charge in [-0.2, -0.15) is 0 Å². The van der Waals surface area contributed by atoms with Crippen molar-refractivity contribution in [1.82, 2.24) is 14.1 Å². The molecule has 0 N–H and O–H groups in total. The Balaban J connectivity index is 1.15. The molecule has 0 aliphatic heterocycles. The summed E-state index contributed by atoms with van der Waals surface area (Å²) in [5.74, 6) is 0. The van der Waals surface area contributed by atoms with Gasteiger partial charge in [-0.1, -0.05) is 115 Å². The quantitative estimate of drug-likeness (QED) is 0.184. The Morgan fingerprint density at radius 1 is 0.420 bits per heavy atom. The first-order valence-electron chi connectivity index (χ1n) is 17.4. The van der Waals surface area contributed by atoms with Crippen LogP contribution < -0.4 is 0 Å². The van der Waals surface area contributed by atoms with Crippen LogP contribution in [0.15, 0.2) is 176 Å². The second-order valence-corrected chi connectivity index (χ2v) is 13.1. The highest BCUT2D eigenvalue weighted by molar-refractivity contribution is 6.10. The topological polar surface area (TPSA) is 22.8 Å². The molecule has 3 aromatic heterocycles.